The van der Waals surface area contributed by atoms with Gasteiger partial charge in [-0.25, -0.2) is 9.65 Å². The van der Waals surface area contributed by atoms with Crippen LogP contribution in [0.3, 0.4) is 0 Å². The molecule has 0 bridgehead atoms. The summed E-state index contributed by atoms with van der Waals surface area (Å²) in [6.45, 7) is 5.17. The topological polar surface area (TPSA) is 69.6 Å². The lowest BCUT2D eigenvalue weighted by molar-refractivity contribution is 0.340. The highest BCUT2D eigenvalue weighted by molar-refractivity contribution is 7.49. The Balaban J connectivity index is 4.24. The zero-order valence-corrected chi connectivity index (χ0v) is 7.80. The lowest BCUT2D eigenvalue weighted by Gasteiger charge is -2.22. The molecule has 0 fully saturated rings. The van der Waals surface area contributed by atoms with Crippen LogP contribution in [0.1, 0.15) is 20.8 Å². The van der Waals surface area contributed by atoms with Gasteiger partial charge in [0.25, 0.3) is 0 Å². The fourth-order valence-corrected chi connectivity index (χ4v) is 1.65. The molecule has 0 aromatic carbocycles. The molecule has 0 unspecified atom stereocenters. The normalized spacial score (nSPS) is 14.3. The molecular weight excluding hydrogens is 165 g/mol. The van der Waals surface area contributed by atoms with Crippen LogP contribution in [0.5, 0.6) is 0 Å². The van der Waals surface area contributed by atoms with Crippen LogP contribution in [-0.4, -0.2) is 15.3 Å². The summed E-state index contributed by atoms with van der Waals surface area (Å²) in [4.78, 5) is 17.1. The Morgan fingerprint density at radius 2 is 1.91 bits per heavy atom. The van der Waals surface area contributed by atoms with Gasteiger partial charge in [-0.3, -0.25) is 0 Å². The van der Waals surface area contributed by atoms with Crippen molar-refractivity contribution >= 4 is 7.75 Å². The van der Waals surface area contributed by atoms with Crippen molar-refractivity contribution in [3.63, 3.8) is 0 Å². The average Bonchev–Trinajstić information content (AvgIpc) is 1.55. The van der Waals surface area contributed by atoms with Crippen molar-refractivity contribution in [1.29, 1.82) is 0 Å². The molecule has 0 aliphatic rings. The fourth-order valence-electron chi connectivity index (χ4n) is 0.829. The second-order valence-corrected chi connectivity index (χ2v) is 4.19. The predicted molar refractivity (Wildman–Crippen MR) is 44.1 cm³/mol. The molecule has 0 saturated carbocycles. The molecule has 66 valence electrons. The second-order valence-electron chi connectivity index (χ2n) is 2.88. The molecule has 3 N–H and O–H groups in total. The third-order valence-corrected chi connectivity index (χ3v) is 1.88. The summed E-state index contributed by atoms with van der Waals surface area (Å²) in [7, 11) is -4.12. The van der Waals surface area contributed by atoms with Gasteiger partial charge in [0, 0.05) is 5.54 Å². The first kappa shape index (κ1) is 10.8. The monoisotopic (exact) mass is 179 g/mol. The van der Waals surface area contributed by atoms with Crippen LogP contribution in [0.25, 0.3) is 0 Å². The SMILES string of the molecule is CC=CC(C)(C)NP(=O)(O)O. The van der Waals surface area contributed by atoms with Gasteiger partial charge in [0.1, 0.15) is 0 Å². The van der Waals surface area contributed by atoms with E-state index in [0.717, 1.165) is 0 Å². The smallest absolute Gasteiger partial charge is 0.313 e. The summed E-state index contributed by atoms with van der Waals surface area (Å²) in [6, 6.07) is 0. The summed E-state index contributed by atoms with van der Waals surface area (Å²) in [5.74, 6) is 0. The van der Waals surface area contributed by atoms with Crippen molar-refractivity contribution in [1.82, 2.24) is 5.09 Å². The lowest BCUT2D eigenvalue weighted by atomic mass is 10.1. The molecule has 0 rings (SSSR count). The highest BCUT2D eigenvalue weighted by Gasteiger charge is 2.23. The quantitative estimate of drug-likeness (QED) is 0.447. The van der Waals surface area contributed by atoms with E-state index < -0.39 is 13.3 Å². The van der Waals surface area contributed by atoms with Crippen LogP contribution in [0, 0.1) is 0 Å². The van der Waals surface area contributed by atoms with Crippen LogP contribution in [-0.2, 0) is 4.57 Å². The van der Waals surface area contributed by atoms with E-state index >= 15 is 0 Å². The number of hydrogen-bond donors (Lipinski definition) is 3. The molecule has 4 nitrogen and oxygen atoms in total. The summed E-state index contributed by atoms with van der Waals surface area (Å²) in [6.07, 6.45) is 3.43. The van der Waals surface area contributed by atoms with Crippen molar-refractivity contribution in [3.8, 4) is 0 Å². The molecule has 0 aromatic heterocycles. The highest BCUT2D eigenvalue weighted by Crippen LogP contribution is 2.32. The van der Waals surface area contributed by atoms with Crippen LogP contribution >= 0.6 is 7.75 Å². The Morgan fingerprint density at radius 3 is 2.18 bits per heavy atom. The van der Waals surface area contributed by atoms with Gasteiger partial charge in [0.15, 0.2) is 0 Å². The number of nitrogens with one attached hydrogen (secondary N) is 1. The first-order valence-electron chi connectivity index (χ1n) is 3.26. The molecule has 5 heteroatoms. The van der Waals surface area contributed by atoms with E-state index in [1.54, 1.807) is 32.9 Å². The summed E-state index contributed by atoms with van der Waals surface area (Å²) >= 11 is 0. The first-order chi connectivity index (χ1) is 4.77. The Bertz CT molecular complexity index is 194. The van der Waals surface area contributed by atoms with E-state index in [1.165, 1.54) is 0 Å². The van der Waals surface area contributed by atoms with Gasteiger partial charge >= 0.3 is 7.75 Å². The average molecular weight is 179 g/mol. The maximum Gasteiger partial charge on any atom is 0.401 e. The molecule has 0 heterocycles. The van der Waals surface area contributed by atoms with Gasteiger partial charge in [0.05, 0.1) is 0 Å². The zero-order chi connectivity index (χ0) is 9.12. The molecule has 0 saturated heterocycles. The molecule has 0 aliphatic heterocycles. The van der Waals surface area contributed by atoms with E-state index in [1.807, 2.05) is 0 Å². The maximum atomic E-state index is 10.5. The maximum absolute atomic E-state index is 10.5. The molecule has 0 aliphatic carbocycles. The predicted octanol–water partition coefficient (Wildman–Crippen LogP) is 1.02. The van der Waals surface area contributed by atoms with Crippen molar-refractivity contribution in [3.05, 3.63) is 12.2 Å². The number of hydrogen-bond acceptors (Lipinski definition) is 1. The minimum absolute atomic E-state index is 0.659. The van der Waals surface area contributed by atoms with Crippen molar-refractivity contribution in [2.75, 3.05) is 0 Å². The molecule has 11 heavy (non-hydrogen) atoms. The van der Waals surface area contributed by atoms with Gasteiger partial charge in [-0.1, -0.05) is 12.2 Å². The molecular formula is C6H14NO3P. The van der Waals surface area contributed by atoms with Gasteiger partial charge in [0.2, 0.25) is 0 Å². The second kappa shape index (κ2) is 3.50. The van der Waals surface area contributed by atoms with Gasteiger partial charge < -0.3 is 9.79 Å². The van der Waals surface area contributed by atoms with Gasteiger partial charge in [-0.15, -0.1) is 0 Å². The number of allylic oxidation sites excluding steroid dienone is 1. The molecule has 0 radical (unpaired) electrons. The Kier molecular flexibility index (Phi) is 3.45. The largest absolute Gasteiger partial charge is 0.401 e. The van der Waals surface area contributed by atoms with Gasteiger partial charge in [-0.2, -0.15) is 0 Å². The summed E-state index contributed by atoms with van der Waals surface area (Å²) in [5.41, 5.74) is -0.659. The molecule has 0 spiro atoms. The highest BCUT2D eigenvalue weighted by atomic mass is 31.2. The van der Waals surface area contributed by atoms with Crippen LogP contribution in [0.15, 0.2) is 12.2 Å². The third-order valence-electron chi connectivity index (χ3n) is 1.02. The molecule has 0 aromatic rings. The van der Waals surface area contributed by atoms with E-state index in [9.17, 15) is 4.57 Å². The Hall–Kier alpha value is -0.150. The Labute approximate surface area is 66.5 Å². The van der Waals surface area contributed by atoms with Crippen molar-refractivity contribution in [2.24, 2.45) is 0 Å². The van der Waals surface area contributed by atoms with Crippen LogP contribution in [0.4, 0.5) is 0 Å². The third kappa shape index (κ3) is 6.26. The van der Waals surface area contributed by atoms with E-state index in [2.05, 4.69) is 5.09 Å². The summed E-state index contributed by atoms with van der Waals surface area (Å²) < 4.78 is 10.5. The first-order valence-corrected chi connectivity index (χ1v) is 4.87. The molecule has 0 amide bonds. The van der Waals surface area contributed by atoms with E-state index in [0.29, 0.717) is 0 Å². The fraction of sp³-hybridized carbons (Fsp3) is 0.667. The van der Waals surface area contributed by atoms with Crippen molar-refractivity contribution in [2.45, 2.75) is 26.3 Å². The standard InChI is InChI=1S/C6H14NO3P/c1-4-5-6(2,3)7-11(8,9)10/h4-5H,1-3H3,(H3,7,8,9,10). The Morgan fingerprint density at radius 1 is 1.45 bits per heavy atom. The van der Waals surface area contributed by atoms with Gasteiger partial charge in [-0.05, 0) is 20.8 Å². The van der Waals surface area contributed by atoms with Crippen LogP contribution in [0.2, 0.25) is 0 Å². The molecule has 0 atom stereocenters. The number of rotatable bonds is 3. The van der Waals surface area contributed by atoms with E-state index in [-0.39, 0.29) is 0 Å². The van der Waals surface area contributed by atoms with Crippen molar-refractivity contribution < 1.29 is 14.4 Å². The van der Waals surface area contributed by atoms with Crippen LogP contribution < -0.4 is 5.09 Å². The summed E-state index contributed by atoms with van der Waals surface area (Å²) in [5, 5.41) is 2.18. The van der Waals surface area contributed by atoms with E-state index in [4.69, 9.17) is 9.79 Å². The minimum Gasteiger partial charge on any atom is -0.313 e. The lowest BCUT2D eigenvalue weighted by Crippen LogP contribution is -2.34. The minimum atomic E-state index is -4.12. The zero-order valence-electron chi connectivity index (χ0n) is 6.90.